The number of hydrogen-bond donors (Lipinski definition) is 0. The summed E-state index contributed by atoms with van der Waals surface area (Å²) >= 11 is 3.62. The lowest BCUT2D eigenvalue weighted by Crippen LogP contribution is -2.09. The number of alkyl halides is 1. The second-order valence-electron chi connectivity index (χ2n) is 4.52. The Hall–Kier alpha value is -1.49. The number of para-hydroxylation sites is 1. The number of nitro groups is 1. The summed E-state index contributed by atoms with van der Waals surface area (Å²) in [5, 5.41) is 11.9. The van der Waals surface area contributed by atoms with Gasteiger partial charge in [-0.15, -0.1) is 0 Å². The number of benzene rings is 1. The zero-order chi connectivity index (χ0) is 14.0. The van der Waals surface area contributed by atoms with Crippen molar-refractivity contribution in [1.82, 2.24) is 4.98 Å². The molecule has 0 spiro atoms. The van der Waals surface area contributed by atoms with E-state index in [0.717, 1.165) is 17.4 Å². The Morgan fingerprint density at radius 3 is 2.74 bits per heavy atom. The average molecular weight is 323 g/mol. The van der Waals surface area contributed by atoms with Gasteiger partial charge in [0.25, 0.3) is 5.69 Å². The van der Waals surface area contributed by atoms with Crippen LogP contribution >= 0.6 is 15.9 Å². The Balaban J connectivity index is 2.70. The molecule has 0 aliphatic rings. The van der Waals surface area contributed by atoms with Crippen LogP contribution in [0.1, 0.15) is 31.7 Å². The molecule has 2 unspecified atom stereocenters. The number of nitro benzene ring substituents is 1. The van der Waals surface area contributed by atoms with E-state index >= 15 is 0 Å². The molecular formula is C14H15BrN2O2. The van der Waals surface area contributed by atoms with Crippen LogP contribution in [0.5, 0.6) is 0 Å². The first-order chi connectivity index (χ1) is 9.06. The van der Waals surface area contributed by atoms with E-state index in [1.54, 1.807) is 12.3 Å². The van der Waals surface area contributed by atoms with E-state index < -0.39 is 0 Å². The van der Waals surface area contributed by atoms with E-state index in [-0.39, 0.29) is 10.6 Å². The Morgan fingerprint density at radius 2 is 2.16 bits per heavy atom. The van der Waals surface area contributed by atoms with Crippen LogP contribution in [0.15, 0.2) is 30.5 Å². The summed E-state index contributed by atoms with van der Waals surface area (Å²) in [5.41, 5.74) is 1.65. The van der Waals surface area contributed by atoms with Gasteiger partial charge in [-0.2, -0.15) is 0 Å². The molecule has 19 heavy (non-hydrogen) atoms. The van der Waals surface area contributed by atoms with Crippen molar-refractivity contribution in [2.75, 3.05) is 0 Å². The van der Waals surface area contributed by atoms with Crippen molar-refractivity contribution in [3.63, 3.8) is 0 Å². The van der Waals surface area contributed by atoms with E-state index in [1.165, 1.54) is 6.07 Å². The zero-order valence-corrected chi connectivity index (χ0v) is 12.4. The molecule has 0 saturated carbocycles. The van der Waals surface area contributed by atoms with E-state index in [1.807, 2.05) is 12.1 Å². The van der Waals surface area contributed by atoms with Gasteiger partial charge < -0.3 is 0 Å². The normalized spacial score (nSPS) is 14.3. The molecule has 0 aliphatic carbocycles. The molecule has 0 radical (unpaired) electrons. The van der Waals surface area contributed by atoms with Crippen LogP contribution in [-0.4, -0.2) is 14.7 Å². The Morgan fingerprint density at radius 1 is 1.42 bits per heavy atom. The number of aromatic nitrogens is 1. The van der Waals surface area contributed by atoms with Crippen LogP contribution in [0.2, 0.25) is 0 Å². The lowest BCUT2D eigenvalue weighted by atomic mass is 9.91. The molecule has 0 aliphatic heterocycles. The second kappa shape index (κ2) is 5.65. The van der Waals surface area contributed by atoms with Crippen molar-refractivity contribution in [3.05, 3.63) is 46.1 Å². The Labute approximate surface area is 120 Å². The quantitative estimate of drug-likeness (QED) is 0.475. The summed E-state index contributed by atoms with van der Waals surface area (Å²) in [6, 6.07) is 7.08. The van der Waals surface area contributed by atoms with Crippen LogP contribution in [0.3, 0.4) is 0 Å². The van der Waals surface area contributed by atoms with Crippen LogP contribution in [-0.2, 0) is 0 Å². The average Bonchev–Trinajstić information content (AvgIpc) is 2.38. The highest BCUT2D eigenvalue weighted by atomic mass is 79.9. The molecule has 2 atom stereocenters. The minimum atomic E-state index is -0.377. The van der Waals surface area contributed by atoms with Gasteiger partial charge in [-0.25, -0.2) is 4.98 Å². The van der Waals surface area contributed by atoms with Gasteiger partial charge in [0.05, 0.1) is 4.92 Å². The number of non-ortho nitro benzene ring substituents is 1. The summed E-state index contributed by atoms with van der Waals surface area (Å²) in [7, 11) is 0. The molecule has 1 aromatic heterocycles. The predicted octanol–water partition coefficient (Wildman–Crippen LogP) is 4.42. The Kier molecular flexibility index (Phi) is 4.14. The molecule has 1 aromatic carbocycles. The fourth-order valence-corrected chi connectivity index (χ4v) is 3.10. The summed E-state index contributed by atoms with van der Waals surface area (Å²) in [6.45, 7) is 4.21. The first-order valence-corrected chi connectivity index (χ1v) is 7.14. The standard InChI is InChI=1S/C14H15BrN2O2/c1-3-10(9(2)15)11-7-8-16-14-12(11)5-4-6-13(14)17(18)19/h4-10H,3H2,1-2H3. The number of nitrogens with zero attached hydrogens (tertiary/aromatic N) is 2. The molecule has 2 rings (SSSR count). The summed E-state index contributed by atoms with van der Waals surface area (Å²) in [4.78, 5) is 15.2. The van der Waals surface area contributed by atoms with Gasteiger partial charge in [-0.1, -0.05) is 41.9 Å². The number of halogens is 1. The van der Waals surface area contributed by atoms with E-state index in [4.69, 9.17) is 0 Å². The monoisotopic (exact) mass is 322 g/mol. The van der Waals surface area contributed by atoms with Gasteiger partial charge in [0.1, 0.15) is 5.52 Å². The maximum atomic E-state index is 11.1. The van der Waals surface area contributed by atoms with Gasteiger partial charge in [0.2, 0.25) is 0 Å². The number of fused-ring (bicyclic) bond motifs is 1. The lowest BCUT2D eigenvalue weighted by molar-refractivity contribution is -0.383. The van der Waals surface area contributed by atoms with Crippen LogP contribution in [0.4, 0.5) is 5.69 Å². The van der Waals surface area contributed by atoms with Crippen molar-refractivity contribution in [2.45, 2.75) is 31.0 Å². The first-order valence-electron chi connectivity index (χ1n) is 6.22. The SMILES string of the molecule is CCC(c1ccnc2c([N+](=O)[O-])cccc12)C(C)Br. The molecule has 0 N–H and O–H groups in total. The molecule has 0 bridgehead atoms. The maximum absolute atomic E-state index is 11.1. The van der Waals surface area contributed by atoms with Gasteiger partial charge in [-0.3, -0.25) is 10.1 Å². The van der Waals surface area contributed by atoms with Crippen LogP contribution in [0.25, 0.3) is 10.9 Å². The molecule has 0 saturated heterocycles. The van der Waals surface area contributed by atoms with Crippen molar-refractivity contribution in [3.8, 4) is 0 Å². The van der Waals surface area contributed by atoms with E-state index in [2.05, 4.69) is 34.8 Å². The fourth-order valence-electron chi connectivity index (χ4n) is 2.44. The molecule has 0 amide bonds. The van der Waals surface area contributed by atoms with Crippen molar-refractivity contribution in [2.24, 2.45) is 0 Å². The van der Waals surface area contributed by atoms with Crippen molar-refractivity contribution < 1.29 is 4.92 Å². The zero-order valence-electron chi connectivity index (χ0n) is 10.8. The third kappa shape index (κ3) is 2.61. The summed E-state index contributed by atoms with van der Waals surface area (Å²) < 4.78 is 0. The highest BCUT2D eigenvalue weighted by Crippen LogP contribution is 2.34. The third-order valence-electron chi connectivity index (χ3n) is 3.37. The Bertz CT molecular complexity index is 613. The predicted molar refractivity (Wildman–Crippen MR) is 79.8 cm³/mol. The third-order valence-corrected chi connectivity index (χ3v) is 4.01. The van der Waals surface area contributed by atoms with Crippen molar-refractivity contribution >= 4 is 32.5 Å². The van der Waals surface area contributed by atoms with Gasteiger partial charge >= 0.3 is 0 Å². The number of rotatable bonds is 4. The largest absolute Gasteiger partial charge is 0.295 e. The van der Waals surface area contributed by atoms with Crippen molar-refractivity contribution in [1.29, 1.82) is 0 Å². The lowest BCUT2D eigenvalue weighted by Gasteiger charge is -2.19. The molecular weight excluding hydrogens is 308 g/mol. The van der Waals surface area contributed by atoms with Crippen LogP contribution < -0.4 is 0 Å². The highest BCUT2D eigenvalue weighted by molar-refractivity contribution is 9.09. The fraction of sp³-hybridized carbons (Fsp3) is 0.357. The highest BCUT2D eigenvalue weighted by Gasteiger charge is 2.20. The molecule has 5 heteroatoms. The maximum Gasteiger partial charge on any atom is 0.295 e. The molecule has 0 fully saturated rings. The molecule has 100 valence electrons. The minimum absolute atomic E-state index is 0.0661. The van der Waals surface area contributed by atoms with Gasteiger partial charge in [0, 0.05) is 22.5 Å². The molecule has 2 aromatic rings. The first kappa shape index (κ1) is 13.9. The van der Waals surface area contributed by atoms with E-state index in [9.17, 15) is 10.1 Å². The second-order valence-corrected chi connectivity index (χ2v) is 5.97. The van der Waals surface area contributed by atoms with Crippen LogP contribution in [0, 0.1) is 10.1 Å². The number of pyridine rings is 1. The molecule has 1 heterocycles. The summed E-state index contributed by atoms with van der Waals surface area (Å²) in [6.07, 6.45) is 2.62. The molecule has 4 nitrogen and oxygen atoms in total. The van der Waals surface area contributed by atoms with Gasteiger partial charge in [0.15, 0.2) is 0 Å². The number of hydrogen-bond acceptors (Lipinski definition) is 3. The smallest absolute Gasteiger partial charge is 0.258 e. The summed E-state index contributed by atoms with van der Waals surface area (Å²) in [5.74, 6) is 0.313. The topological polar surface area (TPSA) is 56.0 Å². The van der Waals surface area contributed by atoms with E-state index in [0.29, 0.717) is 16.3 Å². The minimum Gasteiger partial charge on any atom is -0.258 e. The van der Waals surface area contributed by atoms with Gasteiger partial charge in [-0.05, 0) is 24.0 Å².